The van der Waals surface area contributed by atoms with Crippen molar-refractivity contribution in [3.63, 3.8) is 0 Å². The number of nitrogens with one attached hydrogen (secondary N) is 2. The Morgan fingerprint density at radius 3 is 2.72 bits per heavy atom. The minimum absolute atomic E-state index is 0.0516. The van der Waals surface area contributed by atoms with Gasteiger partial charge in [-0.25, -0.2) is 4.68 Å². The van der Waals surface area contributed by atoms with Gasteiger partial charge < -0.3 is 39.9 Å². The Kier molecular flexibility index (Phi) is 8.15. The van der Waals surface area contributed by atoms with Gasteiger partial charge in [0.05, 0.1) is 24.8 Å². The molecular formula is C20H29ClN9O8P. The lowest BCUT2D eigenvalue weighted by Crippen LogP contribution is -2.42. The smallest absolute Gasteiger partial charge is 0.359 e. The van der Waals surface area contributed by atoms with Crippen molar-refractivity contribution in [1.29, 1.82) is 0 Å². The van der Waals surface area contributed by atoms with Crippen LogP contribution in [0.4, 0.5) is 5.82 Å². The van der Waals surface area contributed by atoms with Crippen molar-refractivity contribution in [2.45, 2.75) is 62.0 Å². The second-order valence-corrected chi connectivity index (χ2v) is 11.9. The number of aryl methyl sites for hydroxylation is 1. The number of halogens is 1. The summed E-state index contributed by atoms with van der Waals surface area (Å²) in [6.45, 7) is -0.900. The maximum Gasteiger partial charge on any atom is 0.359 e. The summed E-state index contributed by atoms with van der Waals surface area (Å²) in [7, 11) is -5.05. The van der Waals surface area contributed by atoms with Gasteiger partial charge in [0.1, 0.15) is 24.1 Å². The molecule has 2 fully saturated rings. The van der Waals surface area contributed by atoms with Crippen molar-refractivity contribution >= 4 is 36.0 Å². The van der Waals surface area contributed by atoms with Gasteiger partial charge in [-0.05, 0) is 36.8 Å². The van der Waals surface area contributed by atoms with E-state index in [-0.39, 0.29) is 29.6 Å². The third-order valence-electron chi connectivity index (χ3n) is 7.21. The van der Waals surface area contributed by atoms with E-state index in [0.717, 1.165) is 12.8 Å². The number of aromatic nitrogens is 8. The van der Waals surface area contributed by atoms with Crippen molar-refractivity contribution in [2.24, 2.45) is 5.92 Å². The molecule has 1 aliphatic carbocycles. The van der Waals surface area contributed by atoms with Crippen LogP contribution in [0, 0.1) is 5.92 Å². The highest BCUT2D eigenvalue weighted by atomic mass is 35.5. The maximum absolute atomic E-state index is 12.3. The number of H-pyrrole nitrogens is 1. The van der Waals surface area contributed by atoms with E-state index in [1.807, 2.05) is 0 Å². The molecule has 0 radical (unpaired) electrons. The lowest BCUT2D eigenvalue weighted by atomic mass is 9.85. The molecule has 17 nitrogen and oxygen atoms in total. The predicted molar refractivity (Wildman–Crippen MR) is 132 cm³/mol. The fourth-order valence-electron chi connectivity index (χ4n) is 4.58. The van der Waals surface area contributed by atoms with Gasteiger partial charge in [-0.15, -0.1) is 10.2 Å². The van der Waals surface area contributed by atoms with Gasteiger partial charge in [0.15, 0.2) is 23.0 Å². The van der Waals surface area contributed by atoms with Crippen molar-refractivity contribution in [3.8, 4) is 0 Å². The van der Waals surface area contributed by atoms with Gasteiger partial charge in [0.2, 0.25) is 5.28 Å². The third kappa shape index (κ3) is 5.64. The molecule has 5 rings (SSSR count). The molecule has 0 amide bonds. The largest absolute Gasteiger partial charge is 0.393 e. The molecule has 4 heterocycles. The molecule has 5 atom stereocenters. The number of ether oxygens (including phenoxy) is 2. The molecule has 7 N–H and O–H groups in total. The first-order valence-corrected chi connectivity index (χ1v) is 14.3. The molecule has 19 heteroatoms. The molecule has 1 aliphatic heterocycles. The van der Waals surface area contributed by atoms with E-state index in [1.165, 1.54) is 17.3 Å². The highest BCUT2D eigenvalue weighted by Crippen LogP contribution is 2.53. The van der Waals surface area contributed by atoms with Crippen LogP contribution in [-0.4, -0.2) is 109 Å². The van der Waals surface area contributed by atoms with E-state index in [9.17, 15) is 29.7 Å². The Balaban J connectivity index is 1.32. The quantitative estimate of drug-likeness (QED) is 0.102. The monoisotopic (exact) mass is 589 g/mol. The first-order valence-electron chi connectivity index (χ1n) is 12.3. The average Bonchev–Trinajstić information content (AvgIpc) is 3.59. The minimum atomic E-state index is -5.05. The number of aromatic amines is 1. The number of fused-ring (bicyclic) bond motifs is 1. The van der Waals surface area contributed by atoms with E-state index in [2.05, 4.69) is 41.0 Å². The lowest BCUT2D eigenvalue weighted by molar-refractivity contribution is -0.111. The van der Waals surface area contributed by atoms with Crippen LogP contribution in [0.2, 0.25) is 5.28 Å². The van der Waals surface area contributed by atoms with E-state index < -0.39 is 50.7 Å². The summed E-state index contributed by atoms with van der Waals surface area (Å²) in [6.07, 6.45) is -0.966. The summed E-state index contributed by atoms with van der Waals surface area (Å²) in [5.41, 5.74) is 0.254. The van der Waals surface area contributed by atoms with Crippen molar-refractivity contribution in [2.75, 3.05) is 25.1 Å². The fraction of sp³-hybridized carbons (Fsp3) is 0.700. The van der Waals surface area contributed by atoms with Gasteiger partial charge in [-0.3, -0.25) is 4.57 Å². The molecule has 1 saturated heterocycles. The van der Waals surface area contributed by atoms with Gasteiger partial charge >= 0.3 is 7.60 Å². The van der Waals surface area contributed by atoms with E-state index in [4.69, 9.17) is 21.1 Å². The summed E-state index contributed by atoms with van der Waals surface area (Å²) >= 11 is 6.15. The van der Waals surface area contributed by atoms with Crippen LogP contribution in [0.15, 0.2) is 6.20 Å². The molecule has 1 saturated carbocycles. The van der Waals surface area contributed by atoms with E-state index in [0.29, 0.717) is 23.7 Å². The van der Waals surface area contributed by atoms with Crippen LogP contribution < -0.4 is 5.32 Å². The van der Waals surface area contributed by atoms with Crippen LogP contribution in [-0.2, 0) is 20.5 Å². The Morgan fingerprint density at radius 1 is 1.28 bits per heavy atom. The van der Waals surface area contributed by atoms with E-state index >= 15 is 0 Å². The number of aliphatic hydroxyl groups excluding tert-OH is 3. The summed E-state index contributed by atoms with van der Waals surface area (Å²) in [6, 6.07) is 0. The zero-order valence-corrected chi connectivity index (χ0v) is 22.2. The summed E-state index contributed by atoms with van der Waals surface area (Å²) < 4.78 is 24.9. The molecule has 0 aromatic carbocycles. The lowest BCUT2D eigenvalue weighted by Gasteiger charge is -2.33. The van der Waals surface area contributed by atoms with Gasteiger partial charge in [0.25, 0.3) is 0 Å². The number of anilines is 1. The normalized spacial score (nSPS) is 25.6. The molecule has 0 bridgehead atoms. The fourth-order valence-corrected chi connectivity index (χ4v) is 5.57. The Bertz CT molecular complexity index is 1320. The average molecular weight is 590 g/mol. The summed E-state index contributed by atoms with van der Waals surface area (Å²) in [5, 5.41) is 50.1. The molecule has 214 valence electrons. The number of nitrogens with zero attached hydrogens (tertiary/aromatic N) is 7. The van der Waals surface area contributed by atoms with Gasteiger partial charge in [-0.1, -0.05) is 11.6 Å². The minimum Gasteiger partial charge on any atom is -0.393 e. The number of aliphatic hydroxyl groups is 3. The van der Waals surface area contributed by atoms with Crippen LogP contribution in [0.25, 0.3) is 11.0 Å². The second kappa shape index (κ2) is 11.3. The number of hydrogen-bond donors (Lipinski definition) is 7. The van der Waals surface area contributed by atoms with Crippen LogP contribution in [0.5, 0.6) is 0 Å². The highest BCUT2D eigenvalue weighted by molar-refractivity contribution is 7.53. The van der Waals surface area contributed by atoms with Crippen molar-refractivity contribution < 1.29 is 39.1 Å². The van der Waals surface area contributed by atoms with E-state index in [1.54, 1.807) is 0 Å². The molecule has 2 aliphatic rings. The molecule has 0 unspecified atom stereocenters. The standard InChI is InChI=1S/C20H29ClN9O8P/c21-19-24-16(22-6-10-2-1-3-10)11-7-23-30(17(11)25-19)18-15(33)14(32)12(38-18)8-37-20(9-31,39(34,35)36)5-4-13-26-28-29-27-13/h7,10,12,14-15,18,31-33H,1-6,8-9H2,(H,22,24,25)(H2,34,35,36)(H,26,27,28,29)/t12-,14-,15-,18-,20-/m1/s1. The number of tetrazole rings is 1. The molecular weight excluding hydrogens is 561 g/mol. The van der Waals surface area contributed by atoms with Crippen LogP contribution in [0.1, 0.15) is 37.7 Å². The molecule has 3 aromatic rings. The van der Waals surface area contributed by atoms with Crippen molar-refractivity contribution in [3.05, 3.63) is 17.3 Å². The van der Waals surface area contributed by atoms with Gasteiger partial charge in [0, 0.05) is 13.0 Å². The predicted octanol–water partition coefficient (Wildman–Crippen LogP) is -0.660. The Labute approximate surface area is 226 Å². The topological polar surface area (TPSA) is 247 Å². The Hall–Kier alpha value is -2.34. The SMILES string of the molecule is O=P(O)(O)[C@@](CO)(CCc1nn[nH]n1)OC[C@H]1O[C@@H](n2ncc3c(NCC4CCC4)nc(Cl)nc32)[C@H](O)[C@@H]1O. The van der Waals surface area contributed by atoms with Crippen molar-refractivity contribution in [1.82, 2.24) is 40.4 Å². The maximum atomic E-state index is 12.3. The van der Waals surface area contributed by atoms with Gasteiger partial charge in [-0.2, -0.15) is 20.3 Å². The zero-order valence-electron chi connectivity index (χ0n) is 20.5. The molecule has 0 spiro atoms. The highest BCUT2D eigenvalue weighted by Gasteiger charge is 2.51. The van der Waals surface area contributed by atoms with Crippen LogP contribution >= 0.6 is 19.2 Å². The second-order valence-electron chi connectivity index (χ2n) is 9.68. The zero-order chi connectivity index (χ0) is 27.8. The third-order valence-corrected chi connectivity index (χ3v) is 8.94. The van der Waals surface area contributed by atoms with Crippen LogP contribution in [0.3, 0.4) is 0 Å². The molecule has 39 heavy (non-hydrogen) atoms. The summed E-state index contributed by atoms with van der Waals surface area (Å²) in [5.74, 6) is 1.18. The Morgan fingerprint density at radius 2 is 2.08 bits per heavy atom. The number of rotatable bonds is 12. The summed E-state index contributed by atoms with van der Waals surface area (Å²) in [4.78, 5) is 28.4. The first kappa shape index (κ1) is 28.2. The number of hydrogen-bond acceptors (Lipinski definition) is 13. The molecule has 3 aromatic heterocycles. The first-order chi connectivity index (χ1) is 18.6.